The molecule has 24 heavy (non-hydrogen) atoms. The number of thioether (sulfide) groups is 1. The normalized spacial score (nSPS) is 21.1. The lowest BCUT2D eigenvalue weighted by Gasteiger charge is -2.21. The lowest BCUT2D eigenvalue weighted by atomic mass is 9.95. The molecule has 1 amide bonds. The van der Waals surface area contributed by atoms with Crippen LogP contribution in [-0.4, -0.2) is 31.9 Å². The molecule has 0 heterocycles. The first-order valence-electron chi connectivity index (χ1n) is 8.37. The van der Waals surface area contributed by atoms with Crippen LogP contribution in [0.5, 0.6) is 0 Å². The van der Waals surface area contributed by atoms with Gasteiger partial charge >= 0.3 is 0 Å². The van der Waals surface area contributed by atoms with Crippen LogP contribution in [0.25, 0.3) is 0 Å². The third-order valence-corrected chi connectivity index (χ3v) is 5.57. The molecule has 0 aliphatic heterocycles. The van der Waals surface area contributed by atoms with Crippen molar-refractivity contribution in [2.45, 2.75) is 37.1 Å². The van der Waals surface area contributed by atoms with Gasteiger partial charge in [0.2, 0.25) is 5.91 Å². The topological polar surface area (TPSA) is 64.3 Å². The van der Waals surface area contributed by atoms with Gasteiger partial charge in [0.05, 0.1) is 12.6 Å². The monoisotopic (exact) mass is 372 g/mol. The maximum Gasteiger partial charge on any atom is 0.223 e. The Morgan fingerprint density at radius 2 is 2.08 bits per heavy atom. The number of rotatable bonds is 8. The van der Waals surface area contributed by atoms with E-state index in [0.717, 1.165) is 37.2 Å². The first-order valence-corrected chi connectivity index (χ1v) is 9.36. The molecule has 0 spiro atoms. The molecule has 1 aromatic rings. The van der Waals surface area contributed by atoms with E-state index in [9.17, 15) is 4.79 Å². The molecular weight excluding hydrogens is 344 g/mol. The van der Waals surface area contributed by atoms with E-state index in [4.69, 9.17) is 10.5 Å². The summed E-state index contributed by atoms with van der Waals surface area (Å²) in [6.45, 7) is 3.40. The van der Waals surface area contributed by atoms with Gasteiger partial charge in [0.1, 0.15) is 0 Å². The van der Waals surface area contributed by atoms with Crippen LogP contribution >= 0.6 is 24.2 Å². The highest BCUT2D eigenvalue weighted by Crippen LogP contribution is 2.31. The van der Waals surface area contributed by atoms with Gasteiger partial charge in [-0.25, -0.2) is 0 Å². The largest absolute Gasteiger partial charge is 0.384 e. The average Bonchev–Trinajstić information content (AvgIpc) is 3.04. The molecular formula is C18H29ClN2O2S. The minimum atomic E-state index is 0. The smallest absolute Gasteiger partial charge is 0.223 e. The molecule has 1 aromatic carbocycles. The van der Waals surface area contributed by atoms with Crippen molar-refractivity contribution in [3.8, 4) is 0 Å². The van der Waals surface area contributed by atoms with E-state index in [0.29, 0.717) is 12.5 Å². The maximum atomic E-state index is 12.5. The van der Waals surface area contributed by atoms with Gasteiger partial charge in [-0.15, -0.1) is 24.2 Å². The van der Waals surface area contributed by atoms with Crippen molar-refractivity contribution in [3.63, 3.8) is 0 Å². The van der Waals surface area contributed by atoms with Gasteiger partial charge in [-0.2, -0.15) is 0 Å². The molecule has 0 aromatic heterocycles. The van der Waals surface area contributed by atoms with E-state index in [1.807, 2.05) is 6.92 Å². The second-order valence-corrected chi connectivity index (χ2v) is 7.34. The van der Waals surface area contributed by atoms with Crippen molar-refractivity contribution in [1.82, 2.24) is 5.32 Å². The number of hydrogen-bond donors (Lipinski definition) is 2. The Bertz CT molecular complexity index is 498. The Labute approximate surface area is 155 Å². The first kappa shape index (κ1) is 21.3. The van der Waals surface area contributed by atoms with Crippen molar-refractivity contribution in [1.29, 1.82) is 0 Å². The number of hydrogen-bond acceptors (Lipinski definition) is 4. The fraction of sp³-hybridized carbons (Fsp3) is 0.611. The van der Waals surface area contributed by atoms with Gasteiger partial charge in [-0.1, -0.05) is 18.6 Å². The number of carbonyl (C=O) groups is 1. The summed E-state index contributed by atoms with van der Waals surface area (Å²) in [5, 5.41) is 3.15. The summed E-state index contributed by atoms with van der Waals surface area (Å²) in [4.78, 5) is 13.7. The third-order valence-electron chi connectivity index (χ3n) is 4.59. The van der Waals surface area contributed by atoms with Crippen LogP contribution in [-0.2, 0) is 9.53 Å². The summed E-state index contributed by atoms with van der Waals surface area (Å²) >= 11 is 1.78. The molecule has 0 radical (unpaired) electrons. The molecule has 1 unspecified atom stereocenters. The van der Waals surface area contributed by atoms with Gasteiger partial charge in [0.15, 0.2) is 0 Å². The number of benzene rings is 1. The number of ether oxygens (including phenoxy) is 1. The minimum Gasteiger partial charge on any atom is -0.384 e. The number of halogens is 1. The lowest BCUT2D eigenvalue weighted by molar-refractivity contribution is -0.126. The zero-order chi connectivity index (χ0) is 16.7. The van der Waals surface area contributed by atoms with Gasteiger partial charge in [0, 0.05) is 23.7 Å². The molecule has 0 saturated heterocycles. The number of carbonyl (C=O) groups excluding carboxylic acids is 1. The van der Waals surface area contributed by atoms with Crippen molar-refractivity contribution in [2.75, 3.05) is 26.0 Å². The zero-order valence-corrected chi connectivity index (χ0v) is 16.1. The van der Waals surface area contributed by atoms with E-state index in [1.165, 1.54) is 4.90 Å². The predicted molar refractivity (Wildman–Crippen MR) is 103 cm³/mol. The van der Waals surface area contributed by atoms with Crippen molar-refractivity contribution < 1.29 is 9.53 Å². The molecule has 1 aliphatic carbocycles. The van der Waals surface area contributed by atoms with Gasteiger partial charge in [0.25, 0.3) is 0 Å². The Balaban J connectivity index is 0.00000288. The molecule has 3 atom stereocenters. The quantitative estimate of drug-likeness (QED) is 0.542. The summed E-state index contributed by atoms with van der Waals surface area (Å²) in [7, 11) is 1.72. The standard InChI is InChI=1S/C18H28N2O2S.ClH/c1-13(20-18(21)17-5-3-4-15(17)12-19)14-6-8-16(9-7-14)23-11-10-22-2;/h6-9,13,15,17H,3-5,10-12,19H2,1-2H3,(H,20,21);1H/t13?,15-,17-;/m1./s1. The highest BCUT2D eigenvalue weighted by molar-refractivity contribution is 7.99. The van der Waals surface area contributed by atoms with Crippen molar-refractivity contribution >= 4 is 30.1 Å². The van der Waals surface area contributed by atoms with E-state index in [1.54, 1.807) is 18.9 Å². The highest BCUT2D eigenvalue weighted by atomic mass is 35.5. The average molecular weight is 373 g/mol. The molecule has 1 fully saturated rings. The summed E-state index contributed by atoms with van der Waals surface area (Å²) < 4.78 is 5.06. The Morgan fingerprint density at radius 1 is 1.38 bits per heavy atom. The third kappa shape index (κ3) is 5.96. The SMILES string of the molecule is COCCSc1ccc(C(C)NC(=O)[C@@H]2CCC[C@@H]2CN)cc1.Cl. The molecule has 0 bridgehead atoms. The molecule has 2 rings (SSSR count). The second kappa shape index (κ2) is 11.0. The van der Waals surface area contributed by atoms with Gasteiger partial charge in [-0.05, 0) is 49.9 Å². The van der Waals surface area contributed by atoms with E-state index in [2.05, 4.69) is 29.6 Å². The minimum absolute atomic E-state index is 0. The summed E-state index contributed by atoms with van der Waals surface area (Å²) in [6.07, 6.45) is 3.16. The van der Waals surface area contributed by atoms with E-state index >= 15 is 0 Å². The number of nitrogens with one attached hydrogen (secondary N) is 1. The van der Waals surface area contributed by atoms with Crippen LogP contribution in [0.4, 0.5) is 0 Å². The number of nitrogens with two attached hydrogens (primary N) is 1. The highest BCUT2D eigenvalue weighted by Gasteiger charge is 2.32. The van der Waals surface area contributed by atoms with Gasteiger partial charge < -0.3 is 15.8 Å². The number of methoxy groups -OCH3 is 1. The summed E-state index contributed by atoms with van der Waals surface area (Å²) in [5.41, 5.74) is 6.92. The van der Waals surface area contributed by atoms with Gasteiger partial charge in [-0.3, -0.25) is 4.79 Å². The maximum absolute atomic E-state index is 12.5. The molecule has 1 aliphatic rings. The lowest BCUT2D eigenvalue weighted by Crippen LogP contribution is -2.36. The fourth-order valence-corrected chi connectivity index (χ4v) is 3.98. The molecule has 3 N–H and O–H groups in total. The van der Waals surface area contributed by atoms with E-state index < -0.39 is 0 Å². The molecule has 4 nitrogen and oxygen atoms in total. The Kier molecular flexibility index (Phi) is 9.74. The first-order chi connectivity index (χ1) is 11.2. The number of amides is 1. The molecule has 1 saturated carbocycles. The summed E-state index contributed by atoms with van der Waals surface area (Å²) in [6, 6.07) is 8.43. The second-order valence-electron chi connectivity index (χ2n) is 6.17. The van der Waals surface area contributed by atoms with Crippen LogP contribution in [0.1, 0.15) is 37.8 Å². The summed E-state index contributed by atoms with van der Waals surface area (Å²) in [5.74, 6) is 1.54. The van der Waals surface area contributed by atoms with Crippen molar-refractivity contribution in [3.05, 3.63) is 29.8 Å². The molecule has 136 valence electrons. The van der Waals surface area contributed by atoms with Crippen LogP contribution in [0.2, 0.25) is 0 Å². The Morgan fingerprint density at radius 3 is 2.71 bits per heavy atom. The fourth-order valence-electron chi connectivity index (χ4n) is 3.16. The van der Waals surface area contributed by atoms with Crippen LogP contribution in [0.3, 0.4) is 0 Å². The van der Waals surface area contributed by atoms with Crippen molar-refractivity contribution in [2.24, 2.45) is 17.6 Å². The Hall–Kier alpha value is -0.750. The van der Waals surface area contributed by atoms with Crippen LogP contribution < -0.4 is 11.1 Å². The predicted octanol–water partition coefficient (Wildman–Crippen LogP) is 3.40. The zero-order valence-electron chi connectivity index (χ0n) is 14.5. The van der Waals surface area contributed by atoms with E-state index in [-0.39, 0.29) is 30.3 Å². The molecule has 6 heteroatoms. The van der Waals surface area contributed by atoms with Crippen LogP contribution in [0.15, 0.2) is 29.2 Å². The van der Waals surface area contributed by atoms with Crippen LogP contribution in [0, 0.1) is 11.8 Å².